The van der Waals surface area contributed by atoms with Gasteiger partial charge in [0.05, 0.1) is 11.6 Å². The van der Waals surface area contributed by atoms with Crippen LogP contribution in [0.3, 0.4) is 0 Å². The lowest BCUT2D eigenvalue weighted by molar-refractivity contribution is -0.130. The van der Waals surface area contributed by atoms with E-state index < -0.39 is 11.6 Å². The highest BCUT2D eigenvalue weighted by atomic mass is 19.1. The number of carbonyl (C=O) groups is 1. The molecule has 0 aliphatic heterocycles. The summed E-state index contributed by atoms with van der Waals surface area (Å²) in [6.07, 6.45) is 0.279. The Hall–Kier alpha value is -2.00. The molecule has 4 nitrogen and oxygen atoms in total. The van der Waals surface area contributed by atoms with Crippen LogP contribution in [-0.2, 0) is 11.3 Å². The number of amides is 1. The van der Waals surface area contributed by atoms with E-state index in [1.54, 1.807) is 11.0 Å². The Kier molecular flexibility index (Phi) is 6.76. The van der Waals surface area contributed by atoms with Crippen LogP contribution >= 0.6 is 0 Å². The second-order valence-electron chi connectivity index (χ2n) is 4.52. The molecule has 1 aromatic carbocycles. The molecule has 0 radical (unpaired) electrons. The van der Waals surface area contributed by atoms with Gasteiger partial charge in [0.15, 0.2) is 0 Å². The molecule has 114 valence electrons. The number of rotatable bonds is 7. The molecule has 0 unspecified atom stereocenters. The van der Waals surface area contributed by atoms with Gasteiger partial charge in [-0.1, -0.05) is 0 Å². The predicted molar refractivity (Wildman–Crippen MR) is 75.3 cm³/mol. The van der Waals surface area contributed by atoms with Crippen LogP contribution in [-0.4, -0.2) is 30.4 Å². The second-order valence-corrected chi connectivity index (χ2v) is 4.52. The van der Waals surface area contributed by atoms with E-state index in [2.05, 4.69) is 5.32 Å². The van der Waals surface area contributed by atoms with Gasteiger partial charge < -0.3 is 10.2 Å². The van der Waals surface area contributed by atoms with Gasteiger partial charge in [-0.15, -0.1) is 0 Å². The summed E-state index contributed by atoms with van der Waals surface area (Å²) >= 11 is 0. The van der Waals surface area contributed by atoms with Crippen molar-refractivity contribution in [2.24, 2.45) is 0 Å². The Bertz CT molecular complexity index is 513. The third-order valence-corrected chi connectivity index (χ3v) is 3.20. The Labute approximate surface area is 123 Å². The van der Waals surface area contributed by atoms with Crippen molar-refractivity contribution in [3.63, 3.8) is 0 Å². The fraction of sp³-hybridized carbons (Fsp3) is 0.467. The Morgan fingerprint density at radius 1 is 1.29 bits per heavy atom. The number of halogens is 2. The standard InChI is InChI=1S/C15H19F2N3O/c1-3-20(4-2)15(21)5-6-19-10-12-13(16)7-11(9-18)8-14(12)17/h7-8,19H,3-6,10H2,1-2H3. The van der Waals surface area contributed by atoms with Gasteiger partial charge in [0, 0.05) is 38.2 Å². The topological polar surface area (TPSA) is 56.1 Å². The third kappa shape index (κ3) is 4.80. The van der Waals surface area contributed by atoms with Crippen molar-refractivity contribution in [2.75, 3.05) is 19.6 Å². The second kappa shape index (κ2) is 8.32. The van der Waals surface area contributed by atoms with Crippen molar-refractivity contribution in [2.45, 2.75) is 26.8 Å². The third-order valence-electron chi connectivity index (χ3n) is 3.20. The van der Waals surface area contributed by atoms with E-state index in [-0.39, 0.29) is 30.0 Å². The molecule has 1 N–H and O–H groups in total. The predicted octanol–water partition coefficient (Wildman–Crippen LogP) is 2.18. The Morgan fingerprint density at radius 3 is 2.33 bits per heavy atom. The molecule has 0 aliphatic rings. The number of hydrogen-bond acceptors (Lipinski definition) is 3. The van der Waals surface area contributed by atoms with Crippen LogP contribution in [0.15, 0.2) is 12.1 Å². The summed E-state index contributed by atoms with van der Waals surface area (Å²) in [5.41, 5.74) is -0.172. The van der Waals surface area contributed by atoms with Crippen LogP contribution in [0.4, 0.5) is 8.78 Å². The van der Waals surface area contributed by atoms with Crippen molar-refractivity contribution in [1.29, 1.82) is 5.26 Å². The van der Waals surface area contributed by atoms with Gasteiger partial charge in [0.25, 0.3) is 0 Å². The van der Waals surface area contributed by atoms with Crippen LogP contribution in [0, 0.1) is 23.0 Å². The van der Waals surface area contributed by atoms with E-state index in [1.807, 2.05) is 13.8 Å². The number of carbonyl (C=O) groups excluding carboxylic acids is 1. The molecule has 6 heteroatoms. The van der Waals surface area contributed by atoms with Gasteiger partial charge in [0.2, 0.25) is 5.91 Å². The molecule has 0 heterocycles. The van der Waals surface area contributed by atoms with Crippen molar-refractivity contribution in [3.05, 3.63) is 34.9 Å². The van der Waals surface area contributed by atoms with E-state index in [4.69, 9.17) is 5.26 Å². The maximum atomic E-state index is 13.6. The molecule has 1 aromatic rings. The Balaban J connectivity index is 2.51. The smallest absolute Gasteiger partial charge is 0.223 e. The molecule has 0 aliphatic carbocycles. The summed E-state index contributed by atoms with van der Waals surface area (Å²) in [4.78, 5) is 13.4. The minimum atomic E-state index is -0.755. The van der Waals surface area contributed by atoms with Gasteiger partial charge in [-0.3, -0.25) is 4.79 Å². The molecule has 1 amide bonds. The summed E-state index contributed by atoms with van der Waals surface area (Å²) in [7, 11) is 0. The van der Waals surface area contributed by atoms with E-state index in [9.17, 15) is 13.6 Å². The van der Waals surface area contributed by atoms with Crippen LogP contribution in [0.5, 0.6) is 0 Å². The average Bonchev–Trinajstić information content (AvgIpc) is 2.46. The highest BCUT2D eigenvalue weighted by molar-refractivity contribution is 5.76. The van der Waals surface area contributed by atoms with Crippen molar-refractivity contribution in [3.8, 4) is 6.07 Å². The maximum Gasteiger partial charge on any atom is 0.223 e. The molecule has 0 saturated carbocycles. The van der Waals surface area contributed by atoms with E-state index >= 15 is 0 Å². The van der Waals surface area contributed by atoms with E-state index in [1.165, 1.54) is 0 Å². The fourth-order valence-electron chi connectivity index (χ4n) is 1.98. The van der Waals surface area contributed by atoms with Crippen molar-refractivity contribution < 1.29 is 13.6 Å². The lowest BCUT2D eigenvalue weighted by Crippen LogP contribution is -2.32. The summed E-state index contributed by atoms with van der Waals surface area (Å²) in [5.74, 6) is -1.50. The average molecular weight is 295 g/mol. The van der Waals surface area contributed by atoms with Crippen LogP contribution in [0.2, 0.25) is 0 Å². The first-order valence-electron chi connectivity index (χ1n) is 6.89. The highest BCUT2D eigenvalue weighted by Gasteiger charge is 2.12. The number of nitriles is 1. The first-order chi connectivity index (χ1) is 10.0. The molecule has 0 fully saturated rings. The number of nitrogens with zero attached hydrogens (tertiary/aromatic N) is 2. The molecule has 21 heavy (non-hydrogen) atoms. The number of benzene rings is 1. The van der Waals surface area contributed by atoms with Crippen LogP contribution in [0.25, 0.3) is 0 Å². The van der Waals surface area contributed by atoms with Gasteiger partial charge in [0.1, 0.15) is 11.6 Å². The van der Waals surface area contributed by atoms with Crippen LogP contribution < -0.4 is 5.32 Å². The lowest BCUT2D eigenvalue weighted by atomic mass is 10.1. The fourth-order valence-corrected chi connectivity index (χ4v) is 1.98. The molecular formula is C15H19F2N3O. The molecule has 0 spiro atoms. The molecule has 0 aromatic heterocycles. The number of hydrogen-bond donors (Lipinski definition) is 1. The van der Waals surface area contributed by atoms with Crippen molar-refractivity contribution >= 4 is 5.91 Å². The SMILES string of the molecule is CCN(CC)C(=O)CCNCc1c(F)cc(C#N)cc1F. The maximum absolute atomic E-state index is 13.6. The first-order valence-corrected chi connectivity index (χ1v) is 6.89. The zero-order valence-electron chi connectivity index (χ0n) is 12.2. The zero-order chi connectivity index (χ0) is 15.8. The summed E-state index contributed by atoms with van der Waals surface area (Å²) in [5, 5.41) is 11.5. The van der Waals surface area contributed by atoms with Crippen LogP contribution in [0.1, 0.15) is 31.4 Å². The molecule has 0 bridgehead atoms. The number of nitrogens with one attached hydrogen (secondary N) is 1. The van der Waals surface area contributed by atoms with E-state index in [0.29, 0.717) is 19.6 Å². The highest BCUT2D eigenvalue weighted by Crippen LogP contribution is 2.14. The minimum Gasteiger partial charge on any atom is -0.343 e. The molecule has 1 rings (SSSR count). The Morgan fingerprint density at radius 2 is 1.86 bits per heavy atom. The normalized spacial score (nSPS) is 10.2. The molecule has 0 atom stereocenters. The molecular weight excluding hydrogens is 276 g/mol. The summed E-state index contributed by atoms with van der Waals surface area (Å²) in [6, 6.07) is 3.70. The van der Waals surface area contributed by atoms with Gasteiger partial charge in [-0.25, -0.2) is 8.78 Å². The largest absolute Gasteiger partial charge is 0.343 e. The van der Waals surface area contributed by atoms with E-state index in [0.717, 1.165) is 12.1 Å². The monoisotopic (exact) mass is 295 g/mol. The van der Waals surface area contributed by atoms with Crippen molar-refractivity contribution in [1.82, 2.24) is 10.2 Å². The quantitative estimate of drug-likeness (QED) is 0.784. The summed E-state index contributed by atoms with van der Waals surface area (Å²) < 4.78 is 27.2. The minimum absolute atomic E-state index is 0.00766. The van der Waals surface area contributed by atoms with Gasteiger partial charge >= 0.3 is 0 Å². The van der Waals surface area contributed by atoms with Gasteiger partial charge in [-0.05, 0) is 26.0 Å². The molecule has 0 saturated heterocycles. The van der Waals surface area contributed by atoms with Gasteiger partial charge in [-0.2, -0.15) is 5.26 Å². The lowest BCUT2D eigenvalue weighted by Gasteiger charge is -2.18. The zero-order valence-corrected chi connectivity index (χ0v) is 12.2. The first kappa shape index (κ1) is 17.1. The summed E-state index contributed by atoms with van der Waals surface area (Å²) in [6.45, 7) is 5.41.